The molecule has 0 heteroatoms. The maximum absolute atomic E-state index is 2.71. The second-order valence-corrected chi connectivity index (χ2v) is 59.9. The molecule has 21 aliphatic rings. The van der Waals surface area contributed by atoms with E-state index in [1.165, 1.54) is 257 Å². The number of hydrogen-bond donors (Lipinski definition) is 0. The van der Waals surface area contributed by atoms with E-state index in [4.69, 9.17) is 0 Å². The summed E-state index contributed by atoms with van der Waals surface area (Å²) < 4.78 is 0. The molecule has 0 spiro atoms. The third-order valence-corrected chi connectivity index (χ3v) is 54.1. The van der Waals surface area contributed by atoms with Crippen molar-refractivity contribution in [2.24, 2.45) is 243 Å². The van der Waals surface area contributed by atoms with Crippen molar-refractivity contribution >= 4 is 21.5 Å². The Hall–Kier alpha value is -3.38. The highest BCUT2D eigenvalue weighted by Crippen LogP contribution is 2.71. The molecule has 21 aliphatic carbocycles. The Labute approximate surface area is 914 Å². The van der Waals surface area contributed by atoms with Gasteiger partial charge in [0.1, 0.15) is 0 Å². The van der Waals surface area contributed by atoms with Crippen LogP contribution in [0.4, 0.5) is 0 Å². The Morgan fingerprint density at radius 3 is 0.966 bits per heavy atom. The van der Waals surface area contributed by atoms with E-state index in [1.807, 2.05) is 0 Å². The van der Waals surface area contributed by atoms with Gasteiger partial charge in [0.2, 0.25) is 0 Å². The Morgan fingerprint density at radius 1 is 0.230 bits per heavy atom. The van der Waals surface area contributed by atoms with E-state index in [9.17, 15) is 0 Å². The molecule has 0 bridgehead atoms. The highest BCUT2D eigenvalue weighted by molar-refractivity contribution is 5.93. The molecule has 0 heterocycles. The Balaban J connectivity index is 0.000000106. The first-order chi connectivity index (χ1) is 71.5. The van der Waals surface area contributed by atoms with Crippen LogP contribution >= 0.6 is 0 Å². The maximum atomic E-state index is 2.71. The number of hydrogen-bond acceptors (Lipinski definition) is 0. The van der Waals surface area contributed by atoms with E-state index in [2.05, 4.69) is 222 Å². The molecule has 17 fully saturated rings. The van der Waals surface area contributed by atoms with Crippen LogP contribution in [-0.4, -0.2) is 0 Å². The van der Waals surface area contributed by atoms with Crippen molar-refractivity contribution < 1.29 is 0 Å². The number of fused-ring (bicyclic) bond motifs is 24. The van der Waals surface area contributed by atoms with E-state index in [0.717, 1.165) is 279 Å². The quantitative estimate of drug-likeness (QED) is 0.145. The van der Waals surface area contributed by atoms with Crippen LogP contribution in [-0.2, 0) is 38.5 Å². The van der Waals surface area contributed by atoms with E-state index < -0.39 is 0 Å². The van der Waals surface area contributed by atoms with Crippen molar-refractivity contribution in [2.75, 3.05) is 0 Å². The fraction of sp³-hybridized carbons (Fsp3) is 0.824. The maximum Gasteiger partial charge on any atom is -0.0114 e. The summed E-state index contributed by atoms with van der Waals surface area (Å²) in [7, 11) is 0. The molecule has 5 aromatic carbocycles. The van der Waals surface area contributed by atoms with Gasteiger partial charge in [-0.2, -0.15) is 0 Å². The Morgan fingerprint density at radius 2 is 0.547 bits per heavy atom. The third-order valence-electron chi connectivity index (χ3n) is 54.1. The van der Waals surface area contributed by atoms with Gasteiger partial charge < -0.3 is 0 Å². The summed E-state index contributed by atoms with van der Waals surface area (Å²) in [5, 5.41) is 6.08. The van der Waals surface area contributed by atoms with Gasteiger partial charge >= 0.3 is 0 Å². The highest BCUT2D eigenvalue weighted by atomic mass is 14.7. The van der Waals surface area contributed by atoms with Crippen molar-refractivity contribution in [3.05, 3.63) is 126 Å². The minimum atomic E-state index is 0.735. The van der Waals surface area contributed by atoms with Crippen molar-refractivity contribution in [3.8, 4) is 0 Å². The van der Waals surface area contributed by atoms with Gasteiger partial charge in [-0.3, -0.25) is 0 Å². The van der Waals surface area contributed by atoms with Gasteiger partial charge in [-0.1, -0.05) is 355 Å². The van der Waals surface area contributed by atoms with Crippen molar-refractivity contribution in [2.45, 2.75) is 531 Å². The number of rotatable bonds is 8. The number of aryl methyl sites for hydroxylation is 5. The molecule has 0 aliphatic heterocycles. The summed E-state index contributed by atoms with van der Waals surface area (Å²) in [5.74, 6) is 45.6. The summed E-state index contributed by atoms with van der Waals surface area (Å²) in [5.41, 5.74) is 24.7. The summed E-state index contributed by atoms with van der Waals surface area (Å²) in [6.07, 6.45) is 75.6. The molecule has 5 aromatic rings. The van der Waals surface area contributed by atoms with Gasteiger partial charge in [0.05, 0.1) is 0 Å². The average molecular weight is 2010 g/mol. The predicted molar refractivity (Wildman–Crippen MR) is 641 cm³/mol. The van der Waals surface area contributed by atoms with Crippen LogP contribution in [0, 0.1) is 277 Å². The summed E-state index contributed by atoms with van der Waals surface area (Å²) in [4.78, 5) is 0. The molecule has 0 amide bonds. The number of benzene rings is 5. The molecule has 824 valence electrons. The first-order valence-corrected chi connectivity index (χ1v) is 67.7. The van der Waals surface area contributed by atoms with Crippen molar-refractivity contribution in [3.63, 3.8) is 0 Å². The lowest BCUT2D eigenvalue weighted by Gasteiger charge is -2.51. The first-order valence-electron chi connectivity index (χ1n) is 67.7. The lowest BCUT2D eigenvalue weighted by Crippen LogP contribution is -2.44. The molecular weight excluding hydrogens is 1780 g/mol. The van der Waals surface area contributed by atoms with Crippen LogP contribution in [0.3, 0.4) is 0 Å². The van der Waals surface area contributed by atoms with E-state index in [1.54, 1.807) is 163 Å². The van der Waals surface area contributed by atoms with E-state index >= 15 is 0 Å². The molecule has 26 rings (SSSR count). The molecule has 28 unspecified atom stereocenters. The molecule has 0 aromatic heterocycles. The van der Waals surface area contributed by atoms with Crippen molar-refractivity contribution in [1.82, 2.24) is 0 Å². The third kappa shape index (κ3) is 21.1. The molecule has 0 nitrogen and oxygen atoms in total. The zero-order chi connectivity index (χ0) is 104. The molecule has 17 saturated carbocycles. The lowest BCUT2D eigenvalue weighted by atomic mass is 9.54. The van der Waals surface area contributed by atoms with Crippen LogP contribution in [0.2, 0.25) is 0 Å². The predicted octanol–water partition coefficient (Wildman–Crippen LogP) is 43.0. The lowest BCUT2D eigenvalue weighted by molar-refractivity contribution is -0.0224. The summed E-state index contributed by atoms with van der Waals surface area (Å²) in [6, 6.07) is 17.3. The minimum absolute atomic E-state index is 0.735. The van der Waals surface area contributed by atoms with Gasteiger partial charge in [0, 0.05) is 0 Å². The van der Waals surface area contributed by atoms with Crippen molar-refractivity contribution in [1.29, 1.82) is 0 Å². The monoisotopic (exact) mass is 2010 g/mol. The second kappa shape index (κ2) is 48.0. The topological polar surface area (TPSA) is 0 Å². The average Bonchev–Trinajstić information content (AvgIpc) is 1.55. The smallest absolute Gasteiger partial charge is 0.0114 e. The van der Waals surface area contributed by atoms with Gasteiger partial charge in [-0.05, 0) is 566 Å². The zero-order valence-electron chi connectivity index (χ0n) is 102. The fourth-order valence-corrected chi connectivity index (χ4v) is 47.2. The zero-order valence-corrected chi connectivity index (χ0v) is 102. The molecular formula is C148H232. The van der Waals surface area contributed by atoms with Crippen LogP contribution in [0.5, 0.6) is 0 Å². The largest absolute Gasteiger partial charge is 0.0654 e. The van der Waals surface area contributed by atoms with Crippen LogP contribution in [0.15, 0.2) is 42.5 Å². The van der Waals surface area contributed by atoms with E-state index in [-0.39, 0.29) is 0 Å². The molecule has 148 heavy (non-hydrogen) atoms. The SMILES string of the molecule is CC1C2C(CC3CCCC[C@@H]3C2C)C2C[C@H]3CCCC[C@H]3C(C)C12.CCC1CC2C3C[C@H]4CCCC[C@H]4C(C)C3C(C)C2C(C)C1C.CCC1CC2CC3C[C@H]4CCCC[C@H]4C(C)C3C2C(C)C1C.CCCC(C)CCC.CCc1cc2ccc3c(c2c(C)c1C)C(C)[C@@H]1CCCC[C@@H]1C3.CCc1ccc2cc3c(c(C)c2c1C)C(C)[C@@H]1CCCC[C@@H]1C3.Cc1c2c(cc3c1[C@@H](C)[C@H]1CCCC[C@H]1C3)C[C@H]1CCCC[C@H]1C2C. The summed E-state index contributed by atoms with van der Waals surface area (Å²) in [6.45, 7) is 64.8. The molecule has 0 radical (unpaired) electrons. The van der Waals surface area contributed by atoms with Crippen LogP contribution in [0.25, 0.3) is 21.5 Å². The second-order valence-electron chi connectivity index (χ2n) is 59.9. The first kappa shape index (κ1) is 111. The summed E-state index contributed by atoms with van der Waals surface area (Å²) >= 11 is 0. The minimum Gasteiger partial charge on any atom is -0.0654 e. The molecule has 0 saturated heterocycles. The van der Waals surface area contributed by atoms with Gasteiger partial charge in [0.15, 0.2) is 0 Å². The van der Waals surface area contributed by atoms with Gasteiger partial charge in [0.25, 0.3) is 0 Å². The van der Waals surface area contributed by atoms with Gasteiger partial charge in [-0.15, -0.1) is 0 Å². The molecule has 44 atom stereocenters. The fourth-order valence-electron chi connectivity index (χ4n) is 47.2. The van der Waals surface area contributed by atoms with E-state index in [0.29, 0.717) is 0 Å². The standard InChI is InChI=1S/C25H36.C24H40.C23H40.2C23H30.C22H38.C8H18/c1-15-22-10-6-4-8-18(22)12-20-14-21-13-19-9-5-7-11-23(19)16(2)25(21)17(3)24(15)20;1-14-19-10-6-4-8-17(19)12-21-22-13-18-9-5-7-11-20(18)15(2)24(22)16(3)23(14)21;1-6-17-11-20-21-12-18-9-7-8-10-19(18)15(4)23(21)16(5)22(20)14(3)13(17)2;1-5-17-10-11-19-13-20-12-18-8-6-7-9-21(18)15(3)23(20)16(4)22(19)14(17)2;1-5-17-12-19-10-11-20-13-18-8-6-7-9-21(18)16(4)23(20)22(19)15(3)14(17)2;1-5-16-10-18-12-19-11-17-8-6-7-9-20(17)15(4)22(19)21(18)14(3)13(16)2;1-4-6-8(3)7-5-2/h14-16,18-19,22-23H,4-13H2,1-3H3;14-24H,4-13H2,1-3H3;13-23H,6-12H2,1-5H3;10-11,13,15,18,21H,5-9,12H2,1-4H3;10-12,16,18,21H,5-9,13H2,1-4H3;13-22H,5-12H2,1-4H3;8H,4-7H2,1-3H3/t15-,16?,18-,19+,22+,23-;14?,15?,16?,17-,18?,19+,20-,21?,22?,23?,24?;13?,14?,15?,16?,17?,18-,19+,20?,21?,22?,23?;15?,18-,21+;16?,18-,21+;13?,14?,15?,16?,17-,18?,19?,20+,21?,22?;/m011111./s1. The molecule has 0 N–H and O–H groups in total. The Bertz CT molecular complexity index is 5080. The Kier molecular flexibility index (Phi) is 36.2. The normalized spacial score (nSPS) is 43.1. The van der Waals surface area contributed by atoms with Crippen LogP contribution in [0.1, 0.15) is 541 Å². The van der Waals surface area contributed by atoms with Crippen LogP contribution < -0.4 is 0 Å². The van der Waals surface area contributed by atoms with Gasteiger partial charge in [-0.25, -0.2) is 0 Å². The highest BCUT2D eigenvalue weighted by Gasteiger charge is 2.63.